The van der Waals surface area contributed by atoms with E-state index in [1.54, 1.807) is 7.11 Å². The molecule has 9 heteroatoms. The van der Waals surface area contributed by atoms with E-state index in [0.29, 0.717) is 6.61 Å². The van der Waals surface area contributed by atoms with Crippen LogP contribution >= 0.6 is 28.3 Å². The van der Waals surface area contributed by atoms with E-state index in [1.165, 1.54) is 12.1 Å². The highest BCUT2D eigenvalue weighted by atomic mass is 79.9. The largest absolute Gasteiger partial charge is 0.384 e. The standard InChI is InChI=1S/C14H20BrFN2O3S.ClH/c1-21-10-14(4-6-17-7-5-14)9-18-22(19,20)11-2-3-12(15)13(16)8-11;/h2-3,8,17-18H,4-7,9-10H2,1H3;1H. The van der Waals surface area contributed by atoms with E-state index in [1.807, 2.05) is 0 Å². The number of rotatable bonds is 6. The molecule has 0 aliphatic carbocycles. The first kappa shape index (κ1) is 20.8. The molecule has 5 nitrogen and oxygen atoms in total. The maximum Gasteiger partial charge on any atom is 0.240 e. The Morgan fingerprint density at radius 1 is 1.39 bits per heavy atom. The number of nitrogens with one attached hydrogen (secondary N) is 2. The zero-order valence-electron chi connectivity index (χ0n) is 12.8. The van der Waals surface area contributed by atoms with Crippen molar-refractivity contribution in [1.82, 2.24) is 10.0 Å². The molecule has 1 heterocycles. The van der Waals surface area contributed by atoms with E-state index < -0.39 is 15.8 Å². The predicted molar refractivity (Wildman–Crippen MR) is 92.9 cm³/mol. The van der Waals surface area contributed by atoms with Gasteiger partial charge in [-0.1, -0.05) is 0 Å². The third-order valence-corrected chi connectivity index (χ3v) is 6.00. The predicted octanol–water partition coefficient (Wildman–Crippen LogP) is 2.30. The van der Waals surface area contributed by atoms with Crippen molar-refractivity contribution in [3.05, 3.63) is 28.5 Å². The van der Waals surface area contributed by atoms with E-state index in [9.17, 15) is 12.8 Å². The third kappa shape index (κ3) is 5.37. The minimum absolute atomic E-state index is 0. The van der Waals surface area contributed by atoms with Crippen LogP contribution in [0.2, 0.25) is 0 Å². The van der Waals surface area contributed by atoms with Gasteiger partial charge in [0.05, 0.1) is 16.0 Å². The molecule has 1 aromatic carbocycles. The molecule has 0 spiro atoms. The summed E-state index contributed by atoms with van der Waals surface area (Å²) in [5.41, 5.74) is -0.221. The van der Waals surface area contributed by atoms with Crippen molar-refractivity contribution in [2.24, 2.45) is 5.41 Å². The molecule has 0 aromatic heterocycles. The van der Waals surface area contributed by atoms with Crippen LogP contribution < -0.4 is 10.0 Å². The third-order valence-electron chi connectivity index (χ3n) is 3.95. The lowest BCUT2D eigenvalue weighted by Gasteiger charge is -2.37. The molecule has 0 bridgehead atoms. The van der Waals surface area contributed by atoms with Gasteiger partial charge in [-0.2, -0.15) is 0 Å². The van der Waals surface area contributed by atoms with Gasteiger partial charge in [-0.05, 0) is 60.1 Å². The molecule has 0 radical (unpaired) electrons. The molecule has 0 atom stereocenters. The van der Waals surface area contributed by atoms with E-state index in [0.717, 1.165) is 32.0 Å². The van der Waals surface area contributed by atoms with Crippen LogP contribution in [0.4, 0.5) is 4.39 Å². The summed E-state index contributed by atoms with van der Waals surface area (Å²) >= 11 is 3.01. The van der Waals surface area contributed by atoms with Crippen molar-refractivity contribution in [2.45, 2.75) is 17.7 Å². The van der Waals surface area contributed by atoms with Crippen LogP contribution in [-0.4, -0.2) is 41.8 Å². The maximum atomic E-state index is 13.5. The van der Waals surface area contributed by atoms with Crippen molar-refractivity contribution in [3.63, 3.8) is 0 Å². The average Bonchev–Trinajstić information content (AvgIpc) is 2.49. The van der Waals surface area contributed by atoms with Crippen LogP contribution in [0.5, 0.6) is 0 Å². The van der Waals surface area contributed by atoms with Gasteiger partial charge < -0.3 is 10.1 Å². The molecular formula is C14H21BrClFN2O3S. The molecular weight excluding hydrogens is 411 g/mol. The Hall–Kier alpha value is -0.250. The minimum Gasteiger partial charge on any atom is -0.384 e. The van der Waals surface area contributed by atoms with Crippen molar-refractivity contribution >= 4 is 38.4 Å². The van der Waals surface area contributed by atoms with Gasteiger partial charge in [0.1, 0.15) is 5.82 Å². The van der Waals surface area contributed by atoms with Crippen LogP contribution in [0.25, 0.3) is 0 Å². The number of methoxy groups -OCH3 is 1. The second-order valence-corrected chi connectivity index (χ2v) is 8.20. The Morgan fingerprint density at radius 3 is 2.61 bits per heavy atom. The fraction of sp³-hybridized carbons (Fsp3) is 0.571. The lowest BCUT2D eigenvalue weighted by molar-refractivity contribution is 0.0577. The molecule has 1 aromatic rings. The Morgan fingerprint density at radius 2 is 2.04 bits per heavy atom. The van der Waals surface area contributed by atoms with Gasteiger partial charge >= 0.3 is 0 Å². The summed E-state index contributed by atoms with van der Waals surface area (Å²) in [5.74, 6) is -0.601. The Bertz CT molecular complexity index is 619. The Labute approximate surface area is 151 Å². The summed E-state index contributed by atoms with van der Waals surface area (Å²) < 4.78 is 46.3. The molecule has 0 amide bonds. The number of ether oxygens (including phenoxy) is 1. The normalized spacial score (nSPS) is 17.5. The second-order valence-electron chi connectivity index (χ2n) is 5.58. The van der Waals surface area contributed by atoms with E-state index >= 15 is 0 Å². The highest BCUT2D eigenvalue weighted by Crippen LogP contribution is 2.29. The summed E-state index contributed by atoms with van der Waals surface area (Å²) in [6.45, 7) is 2.43. The van der Waals surface area contributed by atoms with Crippen molar-refractivity contribution in [3.8, 4) is 0 Å². The van der Waals surface area contributed by atoms with Gasteiger partial charge in [-0.15, -0.1) is 12.4 Å². The topological polar surface area (TPSA) is 67.4 Å². The number of piperidine rings is 1. The SMILES string of the molecule is COCC1(CNS(=O)(=O)c2ccc(Br)c(F)c2)CCNCC1.Cl. The second kappa shape index (κ2) is 8.73. The van der Waals surface area contributed by atoms with E-state index in [4.69, 9.17) is 4.74 Å². The summed E-state index contributed by atoms with van der Waals surface area (Å²) in [4.78, 5) is -0.0744. The molecule has 1 saturated heterocycles. The number of hydrogen-bond donors (Lipinski definition) is 2. The summed E-state index contributed by atoms with van der Waals surface area (Å²) in [5, 5.41) is 3.25. The van der Waals surface area contributed by atoms with Crippen LogP contribution in [0.1, 0.15) is 12.8 Å². The summed E-state index contributed by atoms with van der Waals surface area (Å²) in [6.07, 6.45) is 1.66. The molecule has 23 heavy (non-hydrogen) atoms. The number of hydrogen-bond acceptors (Lipinski definition) is 4. The molecule has 2 N–H and O–H groups in total. The van der Waals surface area contributed by atoms with Crippen molar-refractivity contribution in [1.29, 1.82) is 0 Å². The fourth-order valence-electron chi connectivity index (χ4n) is 2.61. The first-order valence-electron chi connectivity index (χ1n) is 7.03. The fourth-order valence-corrected chi connectivity index (χ4v) is 4.03. The van der Waals surface area contributed by atoms with Gasteiger partial charge in [0, 0.05) is 19.1 Å². The van der Waals surface area contributed by atoms with Crippen molar-refractivity contribution in [2.75, 3.05) is 33.4 Å². The lowest BCUT2D eigenvalue weighted by Crippen LogP contribution is -2.47. The van der Waals surface area contributed by atoms with Gasteiger partial charge in [0.2, 0.25) is 10.0 Å². The number of sulfonamides is 1. The van der Waals surface area contributed by atoms with Gasteiger partial charge in [0.15, 0.2) is 0 Å². The highest BCUT2D eigenvalue weighted by Gasteiger charge is 2.33. The monoisotopic (exact) mass is 430 g/mol. The van der Waals surface area contributed by atoms with Crippen LogP contribution in [0.15, 0.2) is 27.6 Å². The number of halogens is 3. The molecule has 1 fully saturated rings. The molecule has 0 unspecified atom stereocenters. The smallest absolute Gasteiger partial charge is 0.240 e. The van der Waals surface area contributed by atoms with E-state index in [-0.39, 0.29) is 33.7 Å². The van der Waals surface area contributed by atoms with Crippen LogP contribution in [0.3, 0.4) is 0 Å². The minimum atomic E-state index is -3.74. The van der Waals surface area contributed by atoms with E-state index in [2.05, 4.69) is 26.0 Å². The summed E-state index contributed by atoms with van der Waals surface area (Å²) in [6, 6.07) is 3.78. The zero-order valence-corrected chi connectivity index (χ0v) is 16.0. The van der Waals surface area contributed by atoms with Gasteiger partial charge in [0.25, 0.3) is 0 Å². The Balaban J connectivity index is 0.00000264. The molecule has 0 saturated carbocycles. The summed E-state index contributed by atoms with van der Waals surface area (Å²) in [7, 11) is -2.13. The van der Waals surface area contributed by atoms with Crippen molar-refractivity contribution < 1.29 is 17.5 Å². The zero-order chi connectivity index (χ0) is 16.2. The quantitative estimate of drug-likeness (QED) is 0.725. The molecule has 1 aliphatic rings. The number of benzene rings is 1. The first-order valence-corrected chi connectivity index (χ1v) is 9.31. The highest BCUT2D eigenvalue weighted by molar-refractivity contribution is 9.10. The van der Waals surface area contributed by atoms with Crippen LogP contribution in [0, 0.1) is 11.2 Å². The maximum absolute atomic E-state index is 13.5. The first-order chi connectivity index (χ1) is 10.4. The van der Waals surface area contributed by atoms with Gasteiger partial charge in [-0.3, -0.25) is 0 Å². The average molecular weight is 432 g/mol. The Kier molecular flexibility index (Phi) is 7.89. The lowest BCUT2D eigenvalue weighted by atomic mass is 9.80. The molecule has 132 valence electrons. The molecule has 2 rings (SSSR count). The van der Waals surface area contributed by atoms with Gasteiger partial charge in [-0.25, -0.2) is 17.5 Å². The molecule has 1 aliphatic heterocycles. The van der Waals surface area contributed by atoms with Crippen LogP contribution in [-0.2, 0) is 14.8 Å².